The van der Waals surface area contributed by atoms with Gasteiger partial charge in [-0.1, -0.05) is 17.8 Å². The van der Waals surface area contributed by atoms with E-state index in [-0.39, 0.29) is 11.9 Å². The summed E-state index contributed by atoms with van der Waals surface area (Å²) in [5.74, 6) is 0.425. The Hall–Kier alpha value is -1.44. The highest BCUT2D eigenvalue weighted by molar-refractivity contribution is 8.00. The molecule has 7 heteroatoms. The second kappa shape index (κ2) is 7.43. The Morgan fingerprint density at radius 1 is 1.36 bits per heavy atom. The summed E-state index contributed by atoms with van der Waals surface area (Å²) in [6.45, 7) is 2.02. The van der Waals surface area contributed by atoms with Crippen molar-refractivity contribution in [2.24, 2.45) is 0 Å². The largest absolute Gasteiger partial charge is 0.348 e. The van der Waals surface area contributed by atoms with E-state index < -0.39 is 0 Å². The average molecular weight is 390 g/mol. The lowest BCUT2D eigenvalue weighted by atomic mass is 9.97. The van der Waals surface area contributed by atoms with E-state index in [1.54, 1.807) is 29.0 Å². The minimum Gasteiger partial charge on any atom is -0.348 e. The molecule has 0 fully saturated rings. The molecule has 0 radical (unpaired) electrons. The first kappa shape index (κ1) is 17.0. The van der Waals surface area contributed by atoms with Gasteiger partial charge >= 0.3 is 0 Å². The van der Waals surface area contributed by atoms with Crippen LogP contribution in [0.1, 0.15) is 41.1 Å². The van der Waals surface area contributed by atoms with Crippen molar-refractivity contribution in [1.82, 2.24) is 15.3 Å². The molecule has 3 aromatic heterocycles. The molecule has 0 aromatic carbocycles. The van der Waals surface area contributed by atoms with Crippen molar-refractivity contribution in [3.63, 3.8) is 0 Å². The highest BCUT2D eigenvalue weighted by atomic mass is 32.2. The van der Waals surface area contributed by atoms with Crippen LogP contribution in [0, 0.1) is 0 Å². The van der Waals surface area contributed by atoms with Crippen LogP contribution in [0.5, 0.6) is 0 Å². The standard InChI is InChI=1S/C18H19N3OS3/c1-11(13-7-4-8-23-13)21-15(22)9-24-17-16-12-5-2-3-6-14(12)25-18(16)20-10-19-17/h4,7-8,10-11H,2-3,5-6,9H2,1H3,(H,21,22). The molecule has 1 unspecified atom stereocenters. The SMILES string of the molecule is CC(NC(=O)CSc1ncnc2sc3c(c12)CCCC3)c1cccs1. The van der Waals surface area contributed by atoms with Crippen LogP contribution in [0.2, 0.25) is 0 Å². The van der Waals surface area contributed by atoms with E-state index in [4.69, 9.17) is 0 Å². The second-order valence-electron chi connectivity index (χ2n) is 6.16. The van der Waals surface area contributed by atoms with Crippen molar-refractivity contribution >= 4 is 50.6 Å². The van der Waals surface area contributed by atoms with Crippen LogP contribution in [-0.4, -0.2) is 21.6 Å². The van der Waals surface area contributed by atoms with Gasteiger partial charge in [0.2, 0.25) is 5.91 Å². The van der Waals surface area contributed by atoms with Crippen LogP contribution in [0.3, 0.4) is 0 Å². The quantitative estimate of drug-likeness (QED) is 0.512. The molecule has 0 spiro atoms. The lowest BCUT2D eigenvalue weighted by molar-refractivity contribution is -0.119. The number of carbonyl (C=O) groups excluding carboxylic acids is 1. The van der Waals surface area contributed by atoms with Gasteiger partial charge in [0.05, 0.1) is 11.8 Å². The maximum absolute atomic E-state index is 12.3. The molecule has 3 heterocycles. The van der Waals surface area contributed by atoms with E-state index in [1.165, 1.54) is 45.3 Å². The molecule has 1 aliphatic carbocycles. The third-order valence-corrected chi connectivity index (χ3v) is 7.65. The third-order valence-electron chi connectivity index (χ3n) is 4.40. The number of nitrogens with zero attached hydrogens (tertiary/aromatic N) is 2. The summed E-state index contributed by atoms with van der Waals surface area (Å²) in [5.41, 5.74) is 1.42. The van der Waals surface area contributed by atoms with E-state index in [9.17, 15) is 4.79 Å². The van der Waals surface area contributed by atoms with Crippen molar-refractivity contribution in [2.45, 2.75) is 43.7 Å². The lowest BCUT2D eigenvalue weighted by Crippen LogP contribution is -2.27. The van der Waals surface area contributed by atoms with Gasteiger partial charge in [-0.3, -0.25) is 4.79 Å². The number of hydrogen-bond acceptors (Lipinski definition) is 6. The zero-order valence-electron chi connectivity index (χ0n) is 13.9. The number of hydrogen-bond donors (Lipinski definition) is 1. The third kappa shape index (κ3) is 3.59. The normalized spacial score (nSPS) is 15.1. The van der Waals surface area contributed by atoms with Crippen LogP contribution in [0.15, 0.2) is 28.9 Å². The van der Waals surface area contributed by atoms with E-state index in [0.717, 1.165) is 22.7 Å². The summed E-state index contributed by atoms with van der Waals surface area (Å²) < 4.78 is 0. The predicted molar refractivity (Wildman–Crippen MR) is 106 cm³/mol. The van der Waals surface area contributed by atoms with Crippen LogP contribution in [-0.2, 0) is 17.6 Å². The highest BCUT2D eigenvalue weighted by Crippen LogP contribution is 2.39. The van der Waals surface area contributed by atoms with Gasteiger partial charge in [0.1, 0.15) is 16.2 Å². The molecule has 1 N–H and O–H groups in total. The molecule has 25 heavy (non-hydrogen) atoms. The molecule has 130 valence electrons. The first-order chi connectivity index (χ1) is 12.2. The molecular formula is C18H19N3OS3. The Morgan fingerprint density at radius 3 is 3.08 bits per heavy atom. The van der Waals surface area contributed by atoms with E-state index in [1.807, 2.05) is 24.4 Å². The molecule has 1 aliphatic rings. The van der Waals surface area contributed by atoms with Gasteiger partial charge in [-0.05, 0) is 49.6 Å². The summed E-state index contributed by atoms with van der Waals surface area (Å²) in [6, 6.07) is 4.11. The van der Waals surface area contributed by atoms with Gasteiger partial charge in [-0.15, -0.1) is 22.7 Å². The summed E-state index contributed by atoms with van der Waals surface area (Å²) >= 11 is 4.98. The van der Waals surface area contributed by atoms with Gasteiger partial charge in [0.15, 0.2) is 0 Å². The van der Waals surface area contributed by atoms with E-state index in [0.29, 0.717) is 5.75 Å². The fourth-order valence-electron chi connectivity index (χ4n) is 3.20. The lowest BCUT2D eigenvalue weighted by Gasteiger charge is -2.13. The monoisotopic (exact) mass is 389 g/mol. The first-order valence-corrected chi connectivity index (χ1v) is 11.1. The molecule has 4 rings (SSSR count). The second-order valence-corrected chi connectivity index (χ2v) is 9.19. The van der Waals surface area contributed by atoms with Crippen LogP contribution >= 0.6 is 34.4 Å². The first-order valence-electron chi connectivity index (χ1n) is 8.43. The molecule has 4 nitrogen and oxygen atoms in total. The Morgan fingerprint density at radius 2 is 2.24 bits per heavy atom. The van der Waals surface area contributed by atoms with E-state index >= 15 is 0 Å². The van der Waals surface area contributed by atoms with Crippen LogP contribution in [0.25, 0.3) is 10.2 Å². The zero-order valence-corrected chi connectivity index (χ0v) is 16.4. The van der Waals surface area contributed by atoms with Gasteiger partial charge in [0.25, 0.3) is 0 Å². The Bertz CT molecular complexity index is 888. The molecule has 0 aliphatic heterocycles. The minimum absolute atomic E-state index is 0.0433. The van der Waals surface area contributed by atoms with Gasteiger partial charge in [-0.2, -0.15) is 0 Å². The van der Waals surface area contributed by atoms with Crippen molar-refractivity contribution < 1.29 is 4.79 Å². The number of thioether (sulfide) groups is 1. The number of thiophene rings is 2. The summed E-state index contributed by atoms with van der Waals surface area (Å²) in [5, 5.41) is 7.23. The molecule has 3 aromatic rings. The smallest absolute Gasteiger partial charge is 0.230 e. The number of rotatable bonds is 5. The number of aryl methyl sites for hydroxylation is 2. The van der Waals surface area contributed by atoms with Gasteiger partial charge in [-0.25, -0.2) is 9.97 Å². The van der Waals surface area contributed by atoms with Crippen LogP contribution in [0.4, 0.5) is 0 Å². The molecule has 1 amide bonds. The van der Waals surface area contributed by atoms with E-state index in [2.05, 4.69) is 15.3 Å². The Labute approximate surface area is 159 Å². The van der Waals surface area contributed by atoms with Crippen molar-refractivity contribution in [1.29, 1.82) is 0 Å². The minimum atomic E-state index is 0.0433. The maximum Gasteiger partial charge on any atom is 0.230 e. The molecule has 0 bridgehead atoms. The summed E-state index contributed by atoms with van der Waals surface area (Å²) in [4.78, 5) is 24.9. The Kier molecular flexibility index (Phi) is 5.05. The summed E-state index contributed by atoms with van der Waals surface area (Å²) in [7, 11) is 0. The highest BCUT2D eigenvalue weighted by Gasteiger charge is 2.20. The number of amides is 1. The average Bonchev–Trinajstić information content (AvgIpc) is 3.27. The fourth-order valence-corrected chi connectivity index (χ4v) is 6.06. The number of aromatic nitrogens is 2. The molecule has 0 saturated carbocycles. The topological polar surface area (TPSA) is 54.9 Å². The molecule has 0 saturated heterocycles. The summed E-state index contributed by atoms with van der Waals surface area (Å²) in [6.07, 6.45) is 6.38. The van der Waals surface area contributed by atoms with Crippen molar-refractivity contribution in [3.8, 4) is 0 Å². The van der Waals surface area contributed by atoms with Gasteiger partial charge < -0.3 is 5.32 Å². The zero-order chi connectivity index (χ0) is 17.2. The molecule has 1 atom stereocenters. The van der Waals surface area contributed by atoms with Crippen molar-refractivity contribution in [3.05, 3.63) is 39.2 Å². The predicted octanol–water partition coefficient (Wildman–Crippen LogP) is 4.60. The fraction of sp³-hybridized carbons (Fsp3) is 0.389. The van der Waals surface area contributed by atoms with Crippen LogP contribution < -0.4 is 5.32 Å². The maximum atomic E-state index is 12.3. The number of fused-ring (bicyclic) bond motifs is 3. The molecular weight excluding hydrogens is 370 g/mol. The number of carbonyl (C=O) groups is 1. The van der Waals surface area contributed by atoms with Crippen molar-refractivity contribution in [2.75, 3.05) is 5.75 Å². The van der Waals surface area contributed by atoms with Gasteiger partial charge in [0, 0.05) is 15.1 Å². The number of nitrogens with one attached hydrogen (secondary N) is 1. The Balaban J connectivity index is 1.47.